The Bertz CT molecular complexity index is 485. The summed E-state index contributed by atoms with van der Waals surface area (Å²) in [5, 5.41) is 3.13. The van der Waals surface area contributed by atoms with Crippen molar-refractivity contribution in [3.63, 3.8) is 0 Å². The van der Waals surface area contributed by atoms with Crippen LogP contribution in [0.25, 0.3) is 0 Å². The van der Waals surface area contributed by atoms with Gasteiger partial charge >= 0.3 is 5.97 Å². The Hall–Kier alpha value is -1.55. The van der Waals surface area contributed by atoms with Crippen LogP contribution in [0.4, 0.5) is 0 Å². The van der Waals surface area contributed by atoms with Crippen molar-refractivity contribution in [2.45, 2.75) is 45.3 Å². The van der Waals surface area contributed by atoms with Gasteiger partial charge < -0.3 is 14.8 Å². The lowest BCUT2D eigenvalue weighted by atomic mass is 10.0. The Morgan fingerprint density at radius 3 is 2.80 bits per heavy atom. The molecule has 110 valence electrons. The first-order valence-electron chi connectivity index (χ1n) is 7.09. The Kier molecular flexibility index (Phi) is 4.65. The van der Waals surface area contributed by atoms with Crippen molar-refractivity contribution in [1.29, 1.82) is 0 Å². The number of esters is 1. The molecule has 0 spiro atoms. The maximum absolute atomic E-state index is 11.5. The molecule has 1 aliphatic heterocycles. The summed E-state index contributed by atoms with van der Waals surface area (Å²) in [5.74, 6) is 1.17. The second-order valence-electron chi connectivity index (χ2n) is 5.64. The van der Waals surface area contributed by atoms with Gasteiger partial charge in [0.2, 0.25) is 0 Å². The van der Waals surface area contributed by atoms with E-state index in [1.807, 2.05) is 6.92 Å². The van der Waals surface area contributed by atoms with E-state index in [0.29, 0.717) is 18.9 Å². The van der Waals surface area contributed by atoms with Crippen molar-refractivity contribution in [3.05, 3.63) is 29.3 Å². The number of ether oxygens (including phenoxy) is 2. The SMILES string of the molecule is COC(=O)[C@@H]1C[C@H](Oc2cc(C(C)C)ccc2C)CN1. The van der Waals surface area contributed by atoms with E-state index in [0.717, 1.165) is 11.3 Å². The van der Waals surface area contributed by atoms with Crippen molar-refractivity contribution >= 4 is 5.97 Å². The van der Waals surface area contributed by atoms with Crippen molar-refractivity contribution in [2.24, 2.45) is 0 Å². The van der Waals surface area contributed by atoms with E-state index in [9.17, 15) is 4.79 Å². The molecule has 0 unspecified atom stereocenters. The fraction of sp³-hybridized carbons (Fsp3) is 0.562. The van der Waals surface area contributed by atoms with Gasteiger partial charge in [0.1, 0.15) is 17.9 Å². The average molecular weight is 277 g/mol. The first-order valence-corrected chi connectivity index (χ1v) is 7.09. The van der Waals surface area contributed by atoms with Crippen LogP contribution in [0.1, 0.15) is 37.3 Å². The highest BCUT2D eigenvalue weighted by atomic mass is 16.5. The number of hydrogen-bond acceptors (Lipinski definition) is 4. The van der Waals surface area contributed by atoms with Gasteiger partial charge in [0, 0.05) is 13.0 Å². The first-order chi connectivity index (χ1) is 9.51. The second-order valence-corrected chi connectivity index (χ2v) is 5.64. The summed E-state index contributed by atoms with van der Waals surface area (Å²) in [6.45, 7) is 7.04. The molecule has 0 saturated carbocycles. The number of hydrogen-bond donors (Lipinski definition) is 1. The van der Waals surface area contributed by atoms with E-state index >= 15 is 0 Å². The van der Waals surface area contributed by atoms with Crippen molar-refractivity contribution in [1.82, 2.24) is 5.32 Å². The minimum absolute atomic E-state index is 0.0141. The molecule has 0 radical (unpaired) electrons. The molecule has 1 aromatic rings. The Morgan fingerprint density at radius 2 is 2.15 bits per heavy atom. The van der Waals surface area contributed by atoms with Gasteiger partial charge in [-0.3, -0.25) is 4.79 Å². The van der Waals surface area contributed by atoms with Crippen LogP contribution in [-0.4, -0.2) is 31.8 Å². The molecule has 2 atom stereocenters. The Balaban J connectivity index is 2.04. The molecular formula is C16H23NO3. The quantitative estimate of drug-likeness (QED) is 0.859. The lowest BCUT2D eigenvalue weighted by Crippen LogP contribution is -2.31. The highest BCUT2D eigenvalue weighted by Gasteiger charge is 2.31. The summed E-state index contributed by atoms with van der Waals surface area (Å²) in [5.41, 5.74) is 2.39. The van der Waals surface area contributed by atoms with Crippen molar-refractivity contribution in [2.75, 3.05) is 13.7 Å². The largest absolute Gasteiger partial charge is 0.489 e. The molecule has 1 heterocycles. The molecule has 1 saturated heterocycles. The van der Waals surface area contributed by atoms with Gasteiger partial charge in [-0.25, -0.2) is 0 Å². The molecule has 1 aromatic carbocycles. The van der Waals surface area contributed by atoms with Crippen LogP contribution in [0, 0.1) is 6.92 Å². The summed E-state index contributed by atoms with van der Waals surface area (Å²) in [4.78, 5) is 11.5. The first kappa shape index (κ1) is 14.9. The molecule has 4 nitrogen and oxygen atoms in total. The van der Waals surface area contributed by atoms with Crippen LogP contribution >= 0.6 is 0 Å². The standard InChI is InChI=1S/C16H23NO3/c1-10(2)12-6-5-11(3)15(7-12)20-13-8-14(17-9-13)16(18)19-4/h5-7,10,13-14,17H,8-9H2,1-4H3/t13-,14-/m0/s1. The number of methoxy groups -OCH3 is 1. The van der Waals surface area contributed by atoms with E-state index in [1.165, 1.54) is 12.7 Å². The second kappa shape index (κ2) is 6.27. The number of carbonyl (C=O) groups is 1. The van der Waals surface area contributed by atoms with Gasteiger partial charge in [0.15, 0.2) is 0 Å². The average Bonchev–Trinajstić information content (AvgIpc) is 2.88. The fourth-order valence-corrected chi connectivity index (χ4v) is 2.40. The molecule has 4 heteroatoms. The summed E-state index contributed by atoms with van der Waals surface area (Å²) in [6, 6.07) is 6.08. The van der Waals surface area contributed by atoms with Crippen molar-refractivity contribution in [3.8, 4) is 5.75 Å². The van der Waals surface area contributed by atoms with Crippen LogP contribution in [0.5, 0.6) is 5.75 Å². The minimum atomic E-state index is -0.251. The minimum Gasteiger partial charge on any atom is -0.489 e. The monoisotopic (exact) mass is 277 g/mol. The zero-order valence-electron chi connectivity index (χ0n) is 12.6. The smallest absolute Gasteiger partial charge is 0.323 e. The molecule has 0 aliphatic carbocycles. The lowest BCUT2D eigenvalue weighted by Gasteiger charge is -2.17. The molecule has 1 N–H and O–H groups in total. The van der Waals surface area contributed by atoms with E-state index in [-0.39, 0.29) is 18.1 Å². The lowest BCUT2D eigenvalue weighted by molar-refractivity contribution is -0.142. The van der Waals surface area contributed by atoms with Gasteiger partial charge in [-0.2, -0.15) is 0 Å². The number of benzene rings is 1. The third-order valence-electron chi connectivity index (χ3n) is 3.75. The van der Waals surface area contributed by atoms with E-state index in [1.54, 1.807) is 0 Å². The van der Waals surface area contributed by atoms with Crippen LogP contribution in [0.3, 0.4) is 0 Å². The topological polar surface area (TPSA) is 47.6 Å². The van der Waals surface area contributed by atoms with Crippen LogP contribution in [-0.2, 0) is 9.53 Å². The highest BCUT2D eigenvalue weighted by molar-refractivity contribution is 5.76. The summed E-state index contributed by atoms with van der Waals surface area (Å²) in [7, 11) is 1.41. The molecule has 1 fully saturated rings. The van der Waals surface area contributed by atoms with E-state index < -0.39 is 0 Å². The molecular weight excluding hydrogens is 254 g/mol. The zero-order chi connectivity index (χ0) is 14.7. The van der Waals surface area contributed by atoms with Crippen LogP contribution in [0.15, 0.2) is 18.2 Å². The maximum atomic E-state index is 11.5. The Labute approximate surface area is 120 Å². The van der Waals surface area contributed by atoms with Crippen LogP contribution < -0.4 is 10.1 Å². The maximum Gasteiger partial charge on any atom is 0.323 e. The third kappa shape index (κ3) is 3.31. The van der Waals surface area contributed by atoms with Gasteiger partial charge in [0.05, 0.1) is 7.11 Å². The molecule has 0 bridgehead atoms. The fourth-order valence-electron chi connectivity index (χ4n) is 2.40. The summed E-state index contributed by atoms with van der Waals surface area (Å²) < 4.78 is 10.8. The predicted molar refractivity (Wildman–Crippen MR) is 78.1 cm³/mol. The number of carbonyl (C=O) groups excluding carboxylic acids is 1. The van der Waals surface area contributed by atoms with Crippen LogP contribution in [0.2, 0.25) is 0 Å². The summed E-state index contributed by atoms with van der Waals surface area (Å²) in [6.07, 6.45) is 0.665. The van der Waals surface area contributed by atoms with E-state index in [4.69, 9.17) is 9.47 Å². The molecule has 1 aliphatic rings. The number of rotatable bonds is 4. The normalized spacial score (nSPS) is 22.1. The van der Waals surface area contributed by atoms with E-state index in [2.05, 4.69) is 37.4 Å². The Morgan fingerprint density at radius 1 is 1.40 bits per heavy atom. The molecule has 20 heavy (non-hydrogen) atoms. The van der Waals surface area contributed by atoms with Gasteiger partial charge in [-0.1, -0.05) is 26.0 Å². The van der Waals surface area contributed by atoms with Gasteiger partial charge in [-0.15, -0.1) is 0 Å². The molecule has 0 aromatic heterocycles. The number of aryl methyl sites for hydroxylation is 1. The summed E-state index contributed by atoms with van der Waals surface area (Å²) >= 11 is 0. The van der Waals surface area contributed by atoms with Gasteiger partial charge in [-0.05, 0) is 30.0 Å². The van der Waals surface area contributed by atoms with Crippen molar-refractivity contribution < 1.29 is 14.3 Å². The third-order valence-corrected chi connectivity index (χ3v) is 3.75. The predicted octanol–water partition coefficient (Wildman–Crippen LogP) is 2.40. The zero-order valence-corrected chi connectivity index (χ0v) is 12.6. The number of nitrogens with one attached hydrogen (secondary N) is 1. The molecule has 0 amide bonds. The molecule has 2 rings (SSSR count). The van der Waals surface area contributed by atoms with Gasteiger partial charge in [0.25, 0.3) is 0 Å². The highest BCUT2D eigenvalue weighted by Crippen LogP contribution is 2.26.